The van der Waals surface area contributed by atoms with Crippen LogP contribution >= 0.6 is 22.6 Å². The van der Waals surface area contributed by atoms with Crippen LogP contribution in [0.4, 0.5) is 0 Å². The van der Waals surface area contributed by atoms with E-state index in [2.05, 4.69) is 29.2 Å². The third kappa shape index (κ3) is 3.27. The third-order valence-electron chi connectivity index (χ3n) is 1.85. The van der Waals surface area contributed by atoms with E-state index in [4.69, 9.17) is 5.11 Å². The van der Waals surface area contributed by atoms with Gasteiger partial charge in [-0.05, 0) is 40.1 Å². The fourth-order valence-corrected chi connectivity index (χ4v) is 1.74. The molecule has 74 valence electrons. The van der Waals surface area contributed by atoms with Crippen LogP contribution in [0.1, 0.15) is 12.0 Å². The normalized spacial score (nSPS) is 11.4. The topological polar surface area (TPSA) is 20.2 Å². The fourth-order valence-electron chi connectivity index (χ4n) is 1.21. The minimum atomic E-state index is 0.181. The maximum Gasteiger partial charge on any atom is 0.0465 e. The molecule has 14 heavy (non-hydrogen) atoms. The predicted octanol–water partition coefficient (Wildman–Crippen LogP) is 3.40. The lowest BCUT2D eigenvalue weighted by molar-refractivity contribution is 0.303. The maximum absolute atomic E-state index is 8.77. The minimum absolute atomic E-state index is 0.181. The quantitative estimate of drug-likeness (QED) is 0.667. The molecule has 1 aromatic rings. The van der Waals surface area contributed by atoms with Gasteiger partial charge in [-0.3, -0.25) is 0 Å². The van der Waals surface area contributed by atoms with Crippen LogP contribution in [-0.2, 0) is 0 Å². The average Bonchev–Trinajstić information content (AvgIpc) is 2.19. The highest BCUT2D eigenvalue weighted by Gasteiger charge is 2.01. The number of aliphatic hydroxyl groups is 1. The van der Waals surface area contributed by atoms with Gasteiger partial charge in [0, 0.05) is 10.2 Å². The van der Waals surface area contributed by atoms with Gasteiger partial charge in [0.2, 0.25) is 0 Å². The highest BCUT2D eigenvalue weighted by molar-refractivity contribution is 14.1. The second-order valence-corrected chi connectivity index (χ2v) is 4.20. The number of rotatable bonds is 4. The van der Waals surface area contributed by atoms with Gasteiger partial charge in [0.15, 0.2) is 0 Å². The Bertz CT molecular complexity index is 327. The van der Waals surface area contributed by atoms with Crippen molar-refractivity contribution < 1.29 is 5.11 Å². The summed E-state index contributed by atoms with van der Waals surface area (Å²) in [6.45, 7) is 4.10. The molecule has 0 amide bonds. The van der Waals surface area contributed by atoms with E-state index in [9.17, 15) is 0 Å². The zero-order chi connectivity index (χ0) is 10.4. The summed E-state index contributed by atoms with van der Waals surface area (Å²) < 4.78 is 1.00. The number of hydrogen-bond donors (Lipinski definition) is 1. The first-order chi connectivity index (χ1) is 6.75. The van der Waals surface area contributed by atoms with E-state index < -0.39 is 0 Å². The first-order valence-corrected chi connectivity index (χ1v) is 5.55. The number of halogens is 1. The Morgan fingerprint density at radius 2 is 2.00 bits per heavy atom. The fraction of sp³-hybridized carbons (Fsp3) is 0.167. The van der Waals surface area contributed by atoms with Gasteiger partial charge >= 0.3 is 0 Å². The van der Waals surface area contributed by atoms with Crippen molar-refractivity contribution in [3.05, 3.63) is 52.1 Å². The summed E-state index contributed by atoms with van der Waals surface area (Å²) in [7, 11) is 0. The van der Waals surface area contributed by atoms with Crippen molar-refractivity contribution in [1.29, 1.82) is 0 Å². The van der Waals surface area contributed by atoms with Crippen molar-refractivity contribution in [1.82, 2.24) is 0 Å². The zero-order valence-corrected chi connectivity index (χ0v) is 10.1. The minimum Gasteiger partial charge on any atom is -0.396 e. The second kappa shape index (κ2) is 5.98. The summed E-state index contributed by atoms with van der Waals surface area (Å²) >= 11 is 2.20. The van der Waals surface area contributed by atoms with Gasteiger partial charge in [0.1, 0.15) is 0 Å². The van der Waals surface area contributed by atoms with Gasteiger partial charge in [0.05, 0.1) is 0 Å². The third-order valence-corrected chi connectivity index (χ3v) is 2.44. The highest BCUT2D eigenvalue weighted by atomic mass is 127. The van der Waals surface area contributed by atoms with Crippen LogP contribution in [0.25, 0.3) is 5.57 Å². The van der Waals surface area contributed by atoms with Gasteiger partial charge < -0.3 is 5.11 Å². The van der Waals surface area contributed by atoms with Crippen LogP contribution in [0, 0.1) is 0 Å². The average molecular weight is 300 g/mol. The van der Waals surface area contributed by atoms with Crippen molar-refractivity contribution in [3.8, 4) is 0 Å². The van der Waals surface area contributed by atoms with Crippen molar-refractivity contribution in [2.45, 2.75) is 6.42 Å². The highest BCUT2D eigenvalue weighted by Crippen LogP contribution is 2.26. The van der Waals surface area contributed by atoms with Crippen LogP contribution in [0.5, 0.6) is 0 Å². The number of benzene rings is 1. The van der Waals surface area contributed by atoms with Gasteiger partial charge in [0.25, 0.3) is 0 Å². The summed E-state index contributed by atoms with van der Waals surface area (Å²) in [5, 5.41) is 8.77. The Kier molecular flexibility index (Phi) is 4.90. The molecule has 1 aromatic carbocycles. The molecule has 2 heteroatoms. The molecule has 0 bridgehead atoms. The van der Waals surface area contributed by atoms with Crippen LogP contribution in [0.2, 0.25) is 0 Å². The Balaban J connectivity index is 2.95. The molecule has 0 spiro atoms. The molecule has 0 radical (unpaired) electrons. The monoisotopic (exact) mass is 300 g/mol. The van der Waals surface area contributed by atoms with Gasteiger partial charge in [-0.1, -0.05) is 43.0 Å². The molecular formula is C12H13IO. The molecule has 0 saturated heterocycles. The zero-order valence-electron chi connectivity index (χ0n) is 7.91. The molecule has 0 saturated carbocycles. The van der Waals surface area contributed by atoms with E-state index in [1.54, 1.807) is 0 Å². The largest absolute Gasteiger partial charge is 0.396 e. The molecular weight excluding hydrogens is 287 g/mol. The molecule has 0 atom stereocenters. The van der Waals surface area contributed by atoms with E-state index in [1.807, 2.05) is 36.4 Å². The van der Waals surface area contributed by atoms with Crippen molar-refractivity contribution in [2.24, 2.45) is 0 Å². The lowest BCUT2D eigenvalue weighted by Crippen LogP contribution is -1.85. The molecule has 0 fully saturated rings. The Hall–Kier alpha value is -0.610. The molecule has 1 N–H and O–H groups in total. The molecule has 1 nitrogen and oxygen atoms in total. The van der Waals surface area contributed by atoms with Gasteiger partial charge in [-0.2, -0.15) is 0 Å². The molecule has 0 heterocycles. The first kappa shape index (κ1) is 11.5. The van der Waals surface area contributed by atoms with Crippen molar-refractivity contribution in [3.63, 3.8) is 0 Å². The van der Waals surface area contributed by atoms with E-state index in [-0.39, 0.29) is 6.61 Å². The molecule has 1 rings (SSSR count). The van der Waals surface area contributed by atoms with E-state index in [0.717, 1.165) is 14.7 Å². The van der Waals surface area contributed by atoms with E-state index in [1.165, 1.54) is 0 Å². The molecule has 0 unspecified atom stereocenters. The summed E-state index contributed by atoms with van der Waals surface area (Å²) in [5.41, 5.74) is 2.26. The molecule has 0 aliphatic rings. The Morgan fingerprint density at radius 1 is 1.36 bits per heavy atom. The van der Waals surface area contributed by atoms with Crippen molar-refractivity contribution in [2.75, 3.05) is 6.61 Å². The standard InChI is InChI=1S/C12H13IO/c1-10(13)12(8-5-9-14)11-6-3-2-4-7-11/h2-4,6-8,14H,1,5,9H2/b12-8+. The number of hydrogen-bond acceptors (Lipinski definition) is 1. The van der Waals surface area contributed by atoms with Crippen LogP contribution in [0.15, 0.2) is 46.6 Å². The first-order valence-electron chi connectivity index (χ1n) is 4.47. The SMILES string of the molecule is C=C(I)/C(=C\CCO)c1ccccc1. The van der Waals surface area contributed by atoms with Gasteiger partial charge in [-0.25, -0.2) is 0 Å². The molecule has 0 aromatic heterocycles. The van der Waals surface area contributed by atoms with Gasteiger partial charge in [-0.15, -0.1) is 0 Å². The Labute approximate surface area is 98.3 Å². The van der Waals surface area contributed by atoms with E-state index >= 15 is 0 Å². The second-order valence-electron chi connectivity index (χ2n) is 2.90. The Morgan fingerprint density at radius 3 is 2.50 bits per heavy atom. The summed E-state index contributed by atoms with van der Waals surface area (Å²) in [6.07, 6.45) is 2.69. The molecule has 0 aliphatic carbocycles. The lowest BCUT2D eigenvalue weighted by Gasteiger charge is -2.05. The number of aliphatic hydroxyl groups excluding tert-OH is 1. The van der Waals surface area contributed by atoms with E-state index in [0.29, 0.717) is 6.42 Å². The lowest BCUT2D eigenvalue weighted by atomic mass is 10.1. The summed E-state index contributed by atoms with van der Waals surface area (Å²) in [4.78, 5) is 0. The summed E-state index contributed by atoms with van der Waals surface area (Å²) in [5.74, 6) is 0. The van der Waals surface area contributed by atoms with Crippen molar-refractivity contribution >= 4 is 28.2 Å². The van der Waals surface area contributed by atoms with Crippen LogP contribution in [-0.4, -0.2) is 11.7 Å². The smallest absolute Gasteiger partial charge is 0.0465 e. The predicted molar refractivity (Wildman–Crippen MR) is 69.3 cm³/mol. The maximum atomic E-state index is 8.77. The van der Waals surface area contributed by atoms with Crippen LogP contribution < -0.4 is 0 Å². The van der Waals surface area contributed by atoms with Crippen LogP contribution in [0.3, 0.4) is 0 Å². The number of allylic oxidation sites excluding steroid dienone is 2. The summed E-state index contributed by atoms with van der Waals surface area (Å²) in [6, 6.07) is 10.1. The molecule has 0 aliphatic heterocycles.